The standard InChI is InChI=1S/C14H21NO3S/c1-9-7-19-8-11(9)12(16)15-6-10(13(17)18)5-14(2,3)4/h7-8,10H,5-6H2,1-4H3,(H,15,16)(H,17,18). The first-order valence-corrected chi connectivity index (χ1v) is 7.19. The van der Waals surface area contributed by atoms with Crippen molar-refractivity contribution in [3.63, 3.8) is 0 Å². The summed E-state index contributed by atoms with van der Waals surface area (Å²) < 4.78 is 0. The van der Waals surface area contributed by atoms with Crippen LogP contribution in [0.15, 0.2) is 10.8 Å². The van der Waals surface area contributed by atoms with Crippen molar-refractivity contribution < 1.29 is 14.7 Å². The van der Waals surface area contributed by atoms with Gasteiger partial charge in [-0.3, -0.25) is 9.59 Å². The maximum absolute atomic E-state index is 11.9. The Balaban J connectivity index is 2.60. The number of amides is 1. The van der Waals surface area contributed by atoms with E-state index >= 15 is 0 Å². The van der Waals surface area contributed by atoms with E-state index in [1.807, 2.05) is 33.1 Å². The van der Waals surface area contributed by atoms with E-state index in [-0.39, 0.29) is 17.9 Å². The van der Waals surface area contributed by atoms with Crippen LogP contribution in [0.25, 0.3) is 0 Å². The van der Waals surface area contributed by atoms with Crippen molar-refractivity contribution in [2.24, 2.45) is 11.3 Å². The maximum Gasteiger partial charge on any atom is 0.308 e. The van der Waals surface area contributed by atoms with Gasteiger partial charge in [0, 0.05) is 11.9 Å². The van der Waals surface area contributed by atoms with Crippen LogP contribution in [0.2, 0.25) is 0 Å². The average molecular weight is 283 g/mol. The van der Waals surface area contributed by atoms with Gasteiger partial charge in [0.2, 0.25) is 0 Å². The Bertz CT molecular complexity index is 460. The molecule has 0 aliphatic carbocycles. The van der Waals surface area contributed by atoms with Gasteiger partial charge in [-0.1, -0.05) is 20.8 Å². The second kappa shape index (κ2) is 6.19. The fourth-order valence-electron chi connectivity index (χ4n) is 1.89. The first-order valence-electron chi connectivity index (χ1n) is 6.24. The van der Waals surface area contributed by atoms with E-state index in [1.54, 1.807) is 5.38 Å². The van der Waals surface area contributed by atoms with Crippen molar-refractivity contribution in [2.45, 2.75) is 34.1 Å². The molecule has 0 spiro atoms. The molecule has 1 rings (SSSR count). The number of carbonyl (C=O) groups is 2. The Morgan fingerprint density at radius 2 is 2.00 bits per heavy atom. The molecule has 0 aliphatic rings. The molecular weight excluding hydrogens is 262 g/mol. The predicted molar refractivity (Wildman–Crippen MR) is 76.6 cm³/mol. The summed E-state index contributed by atoms with van der Waals surface area (Å²) in [5, 5.41) is 15.6. The molecule has 106 valence electrons. The highest BCUT2D eigenvalue weighted by Crippen LogP contribution is 2.24. The van der Waals surface area contributed by atoms with Crippen molar-refractivity contribution in [1.82, 2.24) is 5.32 Å². The lowest BCUT2D eigenvalue weighted by molar-refractivity contribution is -0.142. The molecule has 1 unspecified atom stereocenters. The molecule has 1 amide bonds. The number of aryl methyl sites for hydroxylation is 1. The minimum absolute atomic E-state index is 0.0773. The lowest BCUT2D eigenvalue weighted by Gasteiger charge is -2.23. The molecule has 0 bridgehead atoms. The number of hydrogen-bond donors (Lipinski definition) is 2. The minimum Gasteiger partial charge on any atom is -0.481 e. The Morgan fingerprint density at radius 1 is 1.37 bits per heavy atom. The monoisotopic (exact) mass is 283 g/mol. The summed E-state index contributed by atoms with van der Waals surface area (Å²) in [6.45, 7) is 8.02. The van der Waals surface area contributed by atoms with Crippen molar-refractivity contribution >= 4 is 23.2 Å². The van der Waals surface area contributed by atoms with E-state index in [4.69, 9.17) is 0 Å². The van der Waals surface area contributed by atoms with Gasteiger partial charge < -0.3 is 10.4 Å². The molecule has 1 heterocycles. The van der Waals surface area contributed by atoms with Crippen LogP contribution in [0.3, 0.4) is 0 Å². The maximum atomic E-state index is 11.9. The second-order valence-electron chi connectivity index (χ2n) is 5.98. The summed E-state index contributed by atoms with van der Waals surface area (Å²) in [6.07, 6.45) is 0.533. The molecule has 19 heavy (non-hydrogen) atoms. The highest BCUT2D eigenvalue weighted by Gasteiger charge is 2.25. The second-order valence-corrected chi connectivity index (χ2v) is 6.72. The van der Waals surface area contributed by atoms with Crippen molar-refractivity contribution in [2.75, 3.05) is 6.54 Å². The third-order valence-corrected chi connectivity index (χ3v) is 3.68. The lowest BCUT2D eigenvalue weighted by Crippen LogP contribution is -2.35. The van der Waals surface area contributed by atoms with Gasteiger partial charge in [-0.15, -0.1) is 0 Å². The molecule has 1 atom stereocenters. The molecule has 1 aromatic heterocycles. The molecule has 0 aliphatic heterocycles. The minimum atomic E-state index is -0.864. The molecule has 1 aromatic rings. The summed E-state index contributed by atoms with van der Waals surface area (Å²) in [5.74, 6) is -1.61. The number of hydrogen-bond acceptors (Lipinski definition) is 3. The van der Waals surface area contributed by atoms with Gasteiger partial charge in [-0.2, -0.15) is 11.3 Å². The number of nitrogens with one attached hydrogen (secondary N) is 1. The van der Waals surface area contributed by atoms with E-state index in [0.717, 1.165) is 5.56 Å². The SMILES string of the molecule is Cc1cscc1C(=O)NCC(CC(C)(C)C)C(=O)O. The van der Waals surface area contributed by atoms with Crippen LogP contribution in [-0.4, -0.2) is 23.5 Å². The quantitative estimate of drug-likeness (QED) is 0.873. The van der Waals surface area contributed by atoms with Crippen LogP contribution >= 0.6 is 11.3 Å². The van der Waals surface area contributed by atoms with Gasteiger partial charge in [0.05, 0.1) is 11.5 Å². The van der Waals surface area contributed by atoms with E-state index < -0.39 is 11.9 Å². The molecular formula is C14H21NO3S. The zero-order valence-electron chi connectivity index (χ0n) is 11.8. The molecule has 0 aromatic carbocycles. The Hall–Kier alpha value is -1.36. The number of carbonyl (C=O) groups excluding carboxylic acids is 1. The molecule has 0 saturated heterocycles. The Morgan fingerprint density at radius 3 is 2.42 bits per heavy atom. The topological polar surface area (TPSA) is 66.4 Å². The largest absolute Gasteiger partial charge is 0.481 e. The number of aliphatic carboxylic acids is 1. The van der Waals surface area contributed by atoms with Crippen molar-refractivity contribution in [3.8, 4) is 0 Å². The number of rotatable bonds is 5. The van der Waals surface area contributed by atoms with Crippen LogP contribution in [0.5, 0.6) is 0 Å². The van der Waals surface area contributed by atoms with Gasteiger partial charge in [0.1, 0.15) is 0 Å². The molecule has 0 fully saturated rings. The van der Waals surface area contributed by atoms with Gasteiger partial charge in [0.15, 0.2) is 0 Å². The van der Waals surface area contributed by atoms with E-state index in [1.165, 1.54) is 11.3 Å². The van der Waals surface area contributed by atoms with Crippen molar-refractivity contribution in [1.29, 1.82) is 0 Å². The zero-order valence-corrected chi connectivity index (χ0v) is 12.6. The summed E-state index contributed by atoms with van der Waals surface area (Å²) in [5.41, 5.74) is 1.47. The predicted octanol–water partition coefficient (Wildman–Crippen LogP) is 2.92. The fourth-order valence-corrected chi connectivity index (χ4v) is 2.72. The fraction of sp³-hybridized carbons (Fsp3) is 0.571. The summed E-state index contributed by atoms with van der Waals surface area (Å²) in [4.78, 5) is 23.1. The third-order valence-electron chi connectivity index (χ3n) is 2.82. The normalized spacial score (nSPS) is 13.1. The van der Waals surface area contributed by atoms with Crippen LogP contribution < -0.4 is 5.32 Å². The Kier molecular flexibility index (Phi) is 5.11. The zero-order chi connectivity index (χ0) is 14.6. The first kappa shape index (κ1) is 15.7. The third kappa shape index (κ3) is 5.03. The lowest BCUT2D eigenvalue weighted by atomic mass is 9.84. The summed E-state index contributed by atoms with van der Waals surface area (Å²) in [6, 6.07) is 0. The van der Waals surface area contributed by atoms with Crippen LogP contribution in [0, 0.1) is 18.3 Å². The average Bonchev–Trinajstić information content (AvgIpc) is 2.68. The van der Waals surface area contributed by atoms with Gasteiger partial charge in [-0.05, 0) is 29.7 Å². The van der Waals surface area contributed by atoms with Crippen LogP contribution in [0.1, 0.15) is 43.1 Å². The first-order chi connectivity index (χ1) is 8.70. The smallest absolute Gasteiger partial charge is 0.308 e. The van der Waals surface area contributed by atoms with Crippen molar-refractivity contribution in [3.05, 3.63) is 21.9 Å². The van der Waals surface area contributed by atoms with E-state index in [2.05, 4.69) is 5.32 Å². The van der Waals surface area contributed by atoms with Gasteiger partial charge >= 0.3 is 5.97 Å². The highest BCUT2D eigenvalue weighted by molar-refractivity contribution is 7.08. The number of thiophene rings is 1. The molecule has 4 nitrogen and oxygen atoms in total. The summed E-state index contributed by atoms with van der Waals surface area (Å²) in [7, 11) is 0. The summed E-state index contributed by atoms with van der Waals surface area (Å²) >= 11 is 1.47. The van der Waals surface area contributed by atoms with E-state index in [9.17, 15) is 14.7 Å². The Labute approximate surface area is 117 Å². The number of carboxylic acids is 1. The van der Waals surface area contributed by atoms with Crippen LogP contribution in [0.4, 0.5) is 0 Å². The number of carboxylic acid groups (broad SMARTS) is 1. The molecule has 0 saturated carbocycles. The highest BCUT2D eigenvalue weighted by atomic mass is 32.1. The van der Waals surface area contributed by atoms with E-state index in [0.29, 0.717) is 12.0 Å². The molecule has 5 heteroatoms. The van der Waals surface area contributed by atoms with Gasteiger partial charge in [0.25, 0.3) is 5.91 Å². The van der Waals surface area contributed by atoms with Gasteiger partial charge in [-0.25, -0.2) is 0 Å². The van der Waals surface area contributed by atoms with Crippen LogP contribution in [-0.2, 0) is 4.79 Å². The molecule has 2 N–H and O–H groups in total. The molecule has 0 radical (unpaired) electrons.